The van der Waals surface area contributed by atoms with E-state index < -0.39 is 41.1 Å². The van der Waals surface area contributed by atoms with Crippen molar-refractivity contribution in [2.75, 3.05) is 21.3 Å². The van der Waals surface area contributed by atoms with Crippen LogP contribution in [0.4, 0.5) is 14.0 Å². The maximum atomic E-state index is 13.7. The number of ether oxygens (including phenoxy) is 8. The van der Waals surface area contributed by atoms with Crippen molar-refractivity contribution in [1.29, 1.82) is 0 Å². The molecule has 0 aliphatic rings. The van der Waals surface area contributed by atoms with Gasteiger partial charge in [0.25, 0.3) is 0 Å². The number of esters is 3. The summed E-state index contributed by atoms with van der Waals surface area (Å²) in [6.45, 7) is 13.4. The Hall–Kier alpha value is -13.4. The van der Waals surface area contributed by atoms with Crippen molar-refractivity contribution in [2.24, 2.45) is 11.5 Å². The molecule has 0 unspecified atom stereocenters. The predicted molar refractivity (Wildman–Crippen MR) is 538 cm³/mol. The SMILES string of the molecule is CC(C)(C)OC(=O)NCc1cccc(-c2cc(CO)cc3ccoc23)c1.COC(=O)Cc1cc(Br)ccc1O.COC(=O)Cc1cc(Br)ccc1OCc1cc(-c2cccc(CNC(=O)OC(C)(C)C)c2)c2occc2c1.COC(=O)Cc1cc(F)ccc1OCc1cc(-c2cccc(CN)c2)c2occc2c1.NCc1cccc(-c2cc(COc3ccc(Br)cc3CC(=O)O)cc3ccoc23)c1.[Na+].[OH-]. The molecule has 0 aliphatic heterocycles. The van der Waals surface area contributed by atoms with Crippen LogP contribution in [0.3, 0.4) is 0 Å². The first-order valence-corrected chi connectivity index (χ1v) is 46.0. The molecule has 16 aromatic rings. The van der Waals surface area contributed by atoms with Crippen LogP contribution in [0.15, 0.2) is 299 Å². The van der Waals surface area contributed by atoms with Crippen molar-refractivity contribution >= 4 is 128 Å². The zero-order valence-electron chi connectivity index (χ0n) is 78.7. The van der Waals surface area contributed by atoms with Crippen molar-refractivity contribution in [3.63, 3.8) is 0 Å². The number of aliphatic hydroxyl groups is 1. The molecule has 10 N–H and O–H groups in total. The summed E-state index contributed by atoms with van der Waals surface area (Å²) in [5, 5.41) is 37.4. The fourth-order valence-electron chi connectivity index (χ4n) is 14.7. The van der Waals surface area contributed by atoms with E-state index in [4.69, 9.17) is 62.3 Å². The van der Waals surface area contributed by atoms with Gasteiger partial charge in [0.15, 0.2) is 0 Å². The number of phenolic OH excluding ortho intramolecular Hbond substituents is 1. The van der Waals surface area contributed by atoms with Crippen LogP contribution in [0, 0.1) is 5.82 Å². The maximum absolute atomic E-state index is 13.7. The Morgan fingerprint density at radius 2 is 0.686 bits per heavy atom. The number of halogens is 4. The number of aliphatic carboxylic acids is 1. The first kappa shape index (κ1) is 109. The van der Waals surface area contributed by atoms with E-state index in [1.54, 1.807) is 49.3 Å². The zero-order chi connectivity index (χ0) is 98.7. The normalized spacial score (nSPS) is 10.9. The number of carboxylic acids is 1. The van der Waals surface area contributed by atoms with Crippen LogP contribution < -0.4 is 65.9 Å². The maximum Gasteiger partial charge on any atom is 1.00 e. The van der Waals surface area contributed by atoms with Gasteiger partial charge in [-0.05, 0) is 278 Å². The zero-order valence-corrected chi connectivity index (χ0v) is 85.5. The Bertz CT molecular complexity index is 7000. The molecule has 31 heteroatoms. The number of methoxy groups -OCH3 is 3. The van der Waals surface area contributed by atoms with Gasteiger partial charge in [-0.15, -0.1) is 0 Å². The van der Waals surface area contributed by atoms with Crippen LogP contribution in [-0.2, 0) is 121 Å². The molecule has 26 nitrogen and oxygen atoms in total. The topological polar surface area (TPSA) is 396 Å². The van der Waals surface area contributed by atoms with Gasteiger partial charge in [-0.25, -0.2) is 14.0 Å². The van der Waals surface area contributed by atoms with E-state index in [1.165, 1.54) is 45.6 Å². The Labute approximate surface area is 855 Å². The van der Waals surface area contributed by atoms with Crippen molar-refractivity contribution in [2.45, 2.75) is 131 Å². The summed E-state index contributed by atoms with van der Waals surface area (Å²) < 4.78 is 81.8. The van der Waals surface area contributed by atoms with Gasteiger partial charge in [0, 0.05) is 106 Å². The number of carbonyl (C=O) groups is 6. The molecular weight excluding hydrogens is 2000 g/mol. The molecule has 0 saturated heterocycles. The fraction of sp³-hybridized carbons (Fsp3) is 0.211. The smallest absolute Gasteiger partial charge is 0.870 e. The molecule has 0 bridgehead atoms. The number of hydrogen-bond acceptors (Lipinski definition) is 23. The number of amides is 2. The first-order valence-electron chi connectivity index (χ1n) is 43.7. The van der Waals surface area contributed by atoms with Crippen LogP contribution in [0.25, 0.3) is 88.4 Å². The van der Waals surface area contributed by atoms with Gasteiger partial charge in [0.05, 0.1) is 78.7 Å². The summed E-state index contributed by atoms with van der Waals surface area (Å²) in [7, 11) is 3.98. The van der Waals surface area contributed by atoms with Crippen LogP contribution in [-0.4, -0.2) is 89.4 Å². The van der Waals surface area contributed by atoms with E-state index in [0.29, 0.717) is 73.3 Å². The number of hydrogen-bond donors (Lipinski definition) is 7. The summed E-state index contributed by atoms with van der Waals surface area (Å²) >= 11 is 10.1. The molecule has 2 amide bonds. The van der Waals surface area contributed by atoms with Gasteiger partial charge in [-0.3, -0.25) is 19.2 Å². The van der Waals surface area contributed by atoms with Gasteiger partial charge in [0.2, 0.25) is 0 Å². The molecule has 722 valence electrons. The number of carboxylic acid groups (broad SMARTS) is 1. The van der Waals surface area contributed by atoms with Crippen LogP contribution in [0.2, 0.25) is 0 Å². The summed E-state index contributed by atoms with van der Waals surface area (Å²) in [5.74, 6) is -0.795. The number of furan rings is 4. The Morgan fingerprint density at radius 3 is 1.03 bits per heavy atom. The van der Waals surface area contributed by atoms with Crippen molar-refractivity contribution in [3.05, 3.63) is 354 Å². The minimum absolute atomic E-state index is 0. The second-order valence-electron chi connectivity index (χ2n) is 33.7. The molecule has 12 aromatic carbocycles. The third-order valence-corrected chi connectivity index (χ3v) is 22.5. The number of benzene rings is 12. The molecule has 0 saturated carbocycles. The van der Waals surface area contributed by atoms with Gasteiger partial charge >= 0.3 is 65.6 Å². The number of nitrogens with two attached hydrogens (primary N) is 2. The molecule has 4 heterocycles. The first-order chi connectivity index (χ1) is 66.2. The van der Waals surface area contributed by atoms with Crippen LogP contribution in [0.1, 0.15) is 108 Å². The van der Waals surface area contributed by atoms with E-state index >= 15 is 0 Å². The molecule has 0 aliphatic carbocycles. The average molecular weight is 2100 g/mol. The second kappa shape index (κ2) is 51.5. The Morgan fingerprint density at radius 1 is 0.379 bits per heavy atom. The second-order valence-corrected chi connectivity index (χ2v) is 36.5. The van der Waals surface area contributed by atoms with E-state index in [0.717, 1.165) is 152 Å². The Kier molecular flexibility index (Phi) is 40.0. The summed E-state index contributed by atoms with van der Waals surface area (Å²) in [5.41, 5.74) is 31.2. The van der Waals surface area contributed by atoms with Crippen molar-refractivity contribution in [1.82, 2.24) is 10.6 Å². The standard InChI is InChI=1S/C30H30BrNO6.C25H22FNO4.C24H20BrNO4.C21H23NO4.C9H9BrO3.Na.H2O/c1-30(2,3)38-29(34)32-17-19-6-5-7-21(12-19)25-14-20(13-22-10-11-36-28(22)25)18-37-26-9-8-24(31)15-23(26)16-27(33)35-4;1-29-24(28)13-20-12-21(26)5-6-23(20)31-15-17-10-19-7-8-30-25(19)22(11-17)18-4-2-3-16(9-18)14-27;25-20-4-5-22(19(11-20)12-23(27)28)30-14-16-9-18-6-7-29-24(18)21(10-16)17-3-1-2-15(8-17)13-26;1-21(2,3)26-20(24)22-12-14-5-4-6-16(9-14)18-11-15(13-23)10-17-7-8-25-19(17)18;1-13-9(12)5-6-4-7(10)2-3-8(6)11;;/h5-15H,16-18H2,1-4H3,(H,32,34);2-12H,13-15,27H2,1H3;1-11H,12-14,26H2,(H,27,28);4-11,23H,12-13H2,1-3H3,(H,22,24);2-4,11H,5H2,1H3;;1H2/q;;;;;+1;/p-1. The Balaban J connectivity index is 0.000000184. The van der Waals surface area contributed by atoms with Gasteiger partial charge in [-0.2, -0.15) is 0 Å². The molecule has 16 rings (SSSR count). The quantitative estimate of drug-likeness (QED) is 0.0136. The molecule has 4 aromatic heterocycles. The average Bonchev–Trinajstić information content (AvgIpc) is 1.61. The number of fused-ring (bicyclic) bond motifs is 4. The molecule has 0 spiro atoms. The fourth-order valence-corrected chi connectivity index (χ4v) is 15.9. The monoisotopic (exact) mass is 2100 g/mol. The summed E-state index contributed by atoms with van der Waals surface area (Å²) in [6, 6.07) is 75.4. The molecule has 0 fully saturated rings. The number of rotatable bonds is 28. The van der Waals surface area contributed by atoms with Crippen molar-refractivity contribution in [3.8, 4) is 67.5 Å². The number of aliphatic hydroxyl groups excluding tert-OH is 1. The van der Waals surface area contributed by atoms with Gasteiger partial charge in [0.1, 0.15) is 82.2 Å². The minimum atomic E-state index is -0.903. The third kappa shape index (κ3) is 31.6. The van der Waals surface area contributed by atoms with E-state index in [9.17, 15) is 48.5 Å². The minimum Gasteiger partial charge on any atom is -0.870 e. The molecule has 140 heavy (non-hydrogen) atoms. The largest absolute Gasteiger partial charge is 1.00 e. The number of alkyl carbamates (subject to hydrolysis) is 2. The number of nitrogens with one attached hydrogen (secondary N) is 2. The molecule has 0 atom stereocenters. The van der Waals surface area contributed by atoms with E-state index in [1.807, 2.05) is 230 Å². The van der Waals surface area contributed by atoms with Crippen LogP contribution in [0.5, 0.6) is 23.0 Å². The predicted octanol–water partition coefficient (Wildman–Crippen LogP) is 21.0. The van der Waals surface area contributed by atoms with E-state index in [-0.39, 0.29) is 91.6 Å². The van der Waals surface area contributed by atoms with E-state index in [2.05, 4.69) is 69.2 Å². The number of aromatic hydroxyl groups is 1. The van der Waals surface area contributed by atoms with Gasteiger partial charge < -0.3 is 98.5 Å². The molecule has 0 radical (unpaired) electrons. The summed E-state index contributed by atoms with van der Waals surface area (Å²) in [4.78, 5) is 69.6. The number of carbonyl (C=O) groups excluding carboxylic acids is 5. The molecular formula is C109H105Br3FN4NaO22. The van der Waals surface area contributed by atoms with Gasteiger partial charge in [-0.1, -0.05) is 121 Å². The van der Waals surface area contributed by atoms with Crippen molar-refractivity contribution < 1.29 is 139 Å². The number of phenols is 1. The van der Waals surface area contributed by atoms with Crippen LogP contribution >= 0.6 is 47.8 Å². The summed E-state index contributed by atoms with van der Waals surface area (Å²) in [6.07, 6.45) is 5.75. The third-order valence-electron chi connectivity index (χ3n) is 21.0.